The zero-order valence-corrected chi connectivity index (χ0v) is 29.8. The van der Waals surface area contributed by atoms with Crippen molar-refractivity contribution in [2.75, 3.05) is 0 Å². The average Bonchev–Trinajstić information content (AvgIpc) is 3.55. The fourth-order valence-electron chi connectivity index (χ4n) is 13.2. The van der Waals surface area contributed by atoms with Gasteiger partial charge < -0.3 is 14.5 Å². The smallest absolute Gasteiger partial charge is 0.449 e. The number of alkyl halides is 3. The van der Waals surface area contributed by atoms with E-state index in [-0.39, 0.29) is 63.6 Å². The van der Waals surface area contributed by atoms with Crippen molar-refractivity contribution in [2.45, 2.75) is 138 Å². The summed E-state index contributed by atoms with van der Waals surface area (Å²) in [5.74, 6) is 0.343. The van der Waals surface area contributed by atoms with Crippen LogP contribution in [0, 0.1) is 63.6 Å². The molecule has 0 aliphatic heterocycles. The fourth-order valence-corrected chi connectivity index (χ4v) is 13.2. The Balaban J connectivity index is 1.31. The number of carbonyl (C=O) groups is 2. The molecule has 1 N–H and O–H groups in total. The van der Waals surface area contributed by atoms with E-state index in [1.165, 1.54) is 6.92 Å². The number of carbonyl (C=O) groups excluding carboxylic acids is 2. The highest BCUT2D eigenvalue weighted by atomic mass is 19.4. The molecule has 1 aromatic rings. The van der Waals surface area contributed by atoms with Gasteiger partial charge in [-0.3, -0.25) is 9.59 Å². The van der Waals surface area contributed by atoms with Crippen LogP contribution < -0.4 is 5.32 Å². The minimum absolute atomic E-state index is 0.0123. The van der Waals surface area contributed by atoms with E-state index < -0.39 is 17.4 Å². The number of amides is 1. The van der Waals surface area contributed by atoms with Crippen LogP contribution in [-0.4, -0.2) is 18.0 Å². The predicted molar refractivity (Wildman–Crippen MR) is 175 cm³/mol. The summed E-state index contributed by atoms with van der Waals surface area (Å²) in [7, 11) is 0. The predicted octanol–water partition coefficient (Wildman–Crippen LogP) is 9.81. The van der Waals surface area contributed by atoms with E-state index in [1.54, 1.807) is 6.92 Å². The van der Waals surface area contributed by atoms with Crippen molar-refractivity contribution >= 4 is 11.9 Å². The number of ether oxygens (including phenoxy) is 1. The van der Waals surface area contributed by atoms with Gasteiger partial charge in [-0.2, -0.15) is 13.2 Å². The minimum Gasteiger partial charge on any atom is -0.462 e. The molecule has 10 atom stereocenters. The zero-order valence-electron chi connectivity index (χ0n) is 29.8. The number of furan rings is 1. The van der Waals surface area contributed by atoms with Crippen LogP contribution in [0.1, 0.15) is 130 Å². The molecule has 262 valence electrons. The van der Waals surface area contributed by atoms with E-state index in [9.17, 15) is 22.8 Å². The SMILES string of the molecule is C=C(C)[C@@H]1CC[C@]2(C(=O)NCc3c(C)coc3C(F)(F)F)CC[C@]3(C)[C@H](CCC4[C@@]5(C)CC[C@H](OC(C)=O)C(C)(C)C5CC[C@]43C)C12. The second-order valence-corrected chi connectivity index (χ2v) is 17.7. The number of allylic oxidation sites excluding steroid dienone is 1. The molecule has 5 aliphatic rings. The van der Waals surface area contributed by atoms with Crippen molar-refractivity contribution in [3.63, 3.8) is 0 Å². The fraction of sp³-hybridized carbons (Fsp3) is 0.795. The largest absolute Gasteiger partial charge is 0.462 e. The van der Waals surface area contributed by atoms with Crippen LogP contribution in [0.5, 0.6) is 0 Å². The molecule has 5 aliphatic carbocycles. The van der Waals surface area contributed by atoms with E-state index in [0.717, 1.165) is 76.0 Å². The molecule has 1 heterocycles. The number of rotatable bonds is 5. The van der Waals surface area contributed by atoms with E-state index in [4.69, 9.17) is 9.15 Å². The second kappa shape index (κ2) is 11.1. The Kier molecular flexibility index (Phi) is 8.20. The molecule has 0 bridgehead atoms. The van der Waals surface area contributed by atoms with Crippen LogP contribution in [0.4, 0.5) is 13.2 Å². The van der Waals surface area contributed by atoms with Gasteiger partial charge in [0.05, 0.1) is 11.7 Å². The zero-order chi connectivity index (χ0) is 34.5. The highest BCUT2D eigenvalue weighted by Gasteiger charge is 2.72. The van der Waals surface area contributed by atoms with Gasteiger partial charge in [0.25, 0.3) is 0 Å². The summed E-state index contributed by atoms with van der Waals surface area (Å²) in [5, 5.41) is 3.01. The van der Waals surface area contributed by atoms with E-state index in [2.05, 4.69) is 53.4 Å². The maximum absolute atomic E-state index is 14.4. The lowest BCUT2D eigenvalue weighted by Gasteiger charge is -2.72. The van der Waals surface area contributed by atoms with Gasteiger partial charge in [-0.1, -0.05) is 46.8 Å². The maximum atomic E-state index is 14.4. The summed E-state index contributed by atoms with van der Waals surface area (Å²) in [5.41, 5.74) is 1.06. The monoisotopic (exact) mass is 659 g/mol. The molecule has 3 unspecified atom stereocenters. The lowest BCUT2D eigenvalue weighted by atomic mass is 9.32. The molecule has 47 heavy (non-hydrogen) atoms. The third-order valence-corrected chi connectivity index (χ3v) is 15.6. The van der Waals surface area contributed by atoms with E-state index in [0.29, 0.717) is 23.3 Å². The van der Waals surface area contributed by atoms with Crippen molar-refractivity contribution in [1.82, 2.24) is 5.32 Å². The Hall–Kier alpha value is -2.25. The van der Waals surface area contributed by atoms with E-state index >= 15 is 0 Å². The van der Waals surface area contributed by atoms with Gasteiger partial charge in [-0.15, -0.1) is 0 Å². The molecular weight excluding hydrogens is 603 g/mol. The van der Waals surface area contributed by atoms with Crippen molar-refractivity contribution in [2.24, 2.45) is 56.7 Å². The number of esters is 1. The van der Waals surface area contributed by atoms with Crippen LogP contribution in [0.15, 0.2) is 22.8 Å². The van der Waals surface area contributed by atoms with Crippen LogP contribution in [-0.2, 0) is 27.0 Å². The molecule has 6 rings (SSSR count). The Morgan fingerprint density at radius 2 is 1.64 bits per heavy atom. The molecule has 0 radical (unpaired) electrons. The summed E-state index contributed by atoms with van der Waals surface area (Å²) in [4.78, 5) is 26.4. The number of halogens is 3. The molecular formula is C39H56F3NO4. The molecule has 8 heteroatoms. The summed E-state index contributed by atoms with van der Waals surface area (Å²) >= 11 is 0. The quantitative estimate of drug-likeness (QED) is 0.252. The maximum Gasteiger partial charge on any atom is 0.449 e. The Labute approximate surface area is 279 Å². The summed E-state index contributed by atoms with van der Waals surface area (Å²) in [6.45, 7) is 21.7. The van der Waals surface area contributed by atoms with Gasteiger partial charge in [0.1, 0.15) is 6.10 Å². The number of nitrogens with one attached hydrogen (secondary N) is 1. The summed E-state index contributed by atoms with van der Waals surface area (Å²) in [6.07, 6.45) is 6.10. The summed E-state index contributed by atoms with van der Waals surface area (Å²) < 4.78 is 51.9. The first kappa shape index (κ1) is 34.6. The topological polar surface area (TPSA) is 68.5 Å². The third-order valence-electron chi connectivity index (χ3n) is 15.6. The van der Waals surface area contributed by atoms with Crippen molar-refractivity contribution in [3.8, 4) is 0 Å². The normalized spacial score (nSPS) is 42.4. The molecule has 0 spiro atoms. The number of aryl methyl sites for hydroxylation is 1. The van der Waals surface area contributed by atoms with Gasteiger partial charge in [-0.25, -0.2) is 0 Å². The first-order valence-electron chi connectivity index (χ1n) is 18.0. The molecule has 5 saturated carbocycles. The molecule has 5 nitrogen and oxygen atoms in total. The van der Waals surface area contributed by atoms with Crippen LogP contribution in [0.3, 0.4) is 0 Å². The molecule has 1 amide bonds. The van der Waals surface area contributed by atoms with Crippen LogP contribution in [0.25, 0.3) is 0 Å². The Morgan fingerprint density at radius 1 is 0.936 bits per heavy atom. The van der Waals surface area contributed by atoms with Gasteiger partial charge >= 0.3 is 12.1 Å². The van der Waals surface area contributed by atoms with Crippen LogP contribution in [0.2, 0.25) is 0 Å². The highest BCUT2D eigenvalue weighted by molar-refractivity contribution is 5.84. The van der Waals surface area contributed by atoms with E-state index in [1.807, 2.05) is 0 Å². The second-order valence-electron chi connectivity index (χ2n) is 17.7. The number of fused-ring (bicyclic) bond motifs is 7. The van der Waals surface area contributed by atoms with Crippen molar-refractivity contribution in [3.05, 3.63) is 35.3 Å². The van der Waals surface area contributed by atoms with Gasteiger partial charge in [-0.05, 0) is 129 Å². The van der Waals surface area contributed by atoms with Gasteiger partial charge in [0.2, 0.25) is 11.7 Å². The summed E-state index contributed by atoms with van der Waals surface area (Å²) in [6, 6.07) is 0. The molecule has 1 aromatic heterocycles. The standard InChI is InChI=1S/C39H56F3NO4/c1-22(2)25-12-17-38(33(45)43-20-26-23(3)21-46-32(26)39(40,41)42)19-18-36(8)27(31(25)38)10-11-29-35(7)15-14-30(47-24(4)44)34(5,6)28(35)13-16-37(29,36)9/h21,25,27-31H,1,10-20H2,2-9H3,(H,43,45)/t25-,27+,28?,29?,30-,31?,35-,36+,37+,38-/m0/s1. The molecule has 0 saturated heterocycles. The van der Waals surface area contributed by atoms with Gasteiger partial charge in [0.15, 0.2) is 0 Å². The third kappa shape index (κ3) is 4.90. The lowest BCUT2D eigenvalue weighted by Crippen LogP contribution is -2.67. The van der Waals surface area contributed by atoms with Crippen LogP contribution >= 0.6 is 0 Å². The number of hydrogen-bond donors (Lipinski definition) is 1. The average molecular weight is 660 g/mol. The lowest BCUT2D eigenvalue weighted by molar-refractivity contribution is -0.248. The van der Waals surface area contributed by atoms with Gasteiger partial charge in [0, 0.05) is 24.4 Å². The van der Waals surface area contributed by atoms with Crippen molar-refractivity contribution < 1.29 is 31.9 Å². The first-order valence-corrected chi connectivity index (χ1v) is 18.0. The minimum atomic E-state index is -4.61. The molecule has 0 aromatic carbocycles. The van der Waals surface area contributed by atoms with Crippen molar-refractivity contribution in [1.29, 1.82) is 0 Å². The Bertz CT molecular complexity index is 1450. The highest BCUT2D eigenvalue weighted by Crippen LogP contribution is 2.77. The molecule has 5 fully saturated rings. The first-order chi connectivity index (χ1) is 21.7. The number of hydrogen-bond acceptors (Lipinski definition) is 4. The Morgan fingerprint density at radius 3 is 2.28 bits per heavy atom.